The highest BCUT2D eigenvalue weighted by Crippen LogP contribution is 2.36. The van der Waals surface area contributed by atoms with Crippen molar-refractivity contribution in [3.8, 4) is 0 Å². The second kappa shape index (κ2) is 5.27. The Labute approximate surface area is 108 Å². The number of hydrogen-bond donors (Lipinski definition) is 1. The number of hydrogen-bond acceptors (Lipinski definition) is 2. The van der Waals surface area contributed by atoms with Crippen LogP contribution in [0.1, 0.15) is 45.3 Å². The lowest BCUT2D eigenvalue weighted by Gasteiger charge is -2.29. The van der Waals surface area contributed by atoms with Gasteiger partial charge in [0, 0.05) is 23.8 Å². The summed E-state index contributed by atoms with van der Waals surface area (Å²) in [6.07, 6.45) is 1.76. The summed E-state index contributed by atoms with van der Waals surface area (Å²) < 4.78 is 13.3. The summed E-state index contributed by atoms with van der Waals surface area (Å²) in [6.45, 7) is 7.01. The summed E-state index contributed by atoms with van der Waals surface area (Å²) in [4.78, 5) is 2.33. The van der Waals surface area contributed by atoms with Gasteiger partial charge in [0.2, 0.25) is 0 Å². The van der Waals surface area contributed by atoms with Gasteiger partial charge in [0.05, 0.1) is 6.10 Å². The van der Waals surface area contributed by atoms with Gasteiger partial charge < -0.3 is 10.0 Å². The minimum Gasteiger partial charge on any atom is -0.389 e. The number of benzene rings is 1. The molecule has 0 amide bonds. The van der Waals surface area contributed by atoms with E-state index in [1.165, 1.54) is 25.0 Å². The number of nitrogens with zero attached hydrogens (tertiary/aromatic N) is 1. The Hall–Kier alpha value is -1.09. The maximum absolute atomic E-state index is 13.3. The summed E-state index contributed by atoms with van der Waals surface area (Å²) in [5.74, 6) is 0.271. The summed E-state index contributed by atoms with van der Waals surface area (Å²) in [5.41, 5.74) is 1.69. The maximum atomic E-state index is 13.3. The third-order valence-electron chi connectivity index (χ3n) is 3.30. The first-order valence-corrected chi connectivity index (χ1v) is 6.73. The van der Waals surface area contributed by atoms with Crippen LogP contribution in [0.3, 0.4) is 0 Å². The van der Waals surface area contributed by atoms with E-state index in [0.717, 1.165) is 12.2 Å². The van der Waals surface area contributed by atoms with Crippen molar-refractivity contribution in [3.63, 3.8) is 0 Å². The average Bonchev–Trinajstić information content (AvgIpc) is 3.09. The van der Waals surface area contributed by atoms with E-state index in [2.05, 4.69) is 18.7 Å². The predicted octanol–water partition coefficient (Wildman–Crippen LogP) is 3.50. The fourth-order valence-corrected chi connectivity index (χ4v) is 2.35. The first kappa shape index (κ1) is 13.3. The van der Waals surface area contributed by atoms with Crippen LogP contribution in [-0.4, -0.2) is 17.7 Å². The maximum Gasteiger partial charge on any atom is 0.123 e. The second-order valence-electron chi connectivity index (χ2n) is 5.66. The minimum atomic E-state index is -0.635. The molecule has 1 aliphatic carbocycles. The van der Waals surface area contributed by atoms with Gasteiger partial charge in [-0.25, -0.2) is 4.39 Å². The van der Waals surface area contributed by atoms with Crippen LogP contribution in [-0.2, 0) is 0 Å². The molecule has 3 heteroatoms. The molecule has 2 rings (SSSR count). The Morgan fingerprint density at radius 1 is 1.33 bits per heavy atom. The van der Waals surface area contributed by atoms with Crippen LogP contribution < -0.4 is 4.90 Å². The molecule has 0 radical (unpaired) electrons. The molecule has 2 nitrogen and oxygen atoms in total. The molecule has 18 heavy (non-hydrogen) atoms. The third-order valence-corrected chi connectivity index (χ3v) is 3.30. The number of aliphatic hydroxyl groups excluding tert-OH is 1. The van der Waals surface area contributed by atoms with Gasteiger partial charge in [0.25, 0.3) is 0 Å². The van der Waals surface area contributed by atoms with Crippen LogP contribution in [0.15, 0.2) is 18.2 Å². The lowest BCUT2D eigenvalue weighted by Crippen LogP contribution is -2.31. The van der Waals surface area contributed by atoms with E-state index in [9.17, 15) is 9.50 Å². The van der Waals surface area contributed by atoms with E-state index in [4.69, 9.17) is 0 Å². The molecule has 0 saturated heterocycles. The highest BCUT2D eigenvalue weighted by molar-refractivity contribution is 5.56. The molecule has 0 bridgehead atoms. The normalized spacial score (nSPS) is 17.0. The molecule has 1 saturated carbocycles. The Morgan fingerprint density at radius 3 is 2.50 bits per heavy atom. The Bertz CT molecular complexity index is 413. The fraction of sp³-hybridized carbons (Fsp3) is 0.600. The molecule has 1 aliphatic rings. The van der Waals surface area contributed by atoms with Crippen molar-refractivity contribution in [2.24, 2.45) is 5.92 Å². The van der Waals surface area contributed by atoms with E-state index in [0.29, 0.717) is 17.5 Å². The molecule has 0 unspecified atom stereocenters. The van der Waals surface area contributed by atoms with Crippen molar-refractivity contribution < 1.29 is 9.50 Å². The zero-order valence-electron chi connectivity index (χ0n) is 11.4. The topological polar surface area (TPSA) is 23.5 Å². The van der Waals surface area contributed by atoms with E-state index >= 15 is 0 Å². The molecule has 1 fully saturated rings. The summed E-state index contributed by atoms with van der Waals surface area (Å²) >= 11 is 0. The Morgan fingerprint density at radius 2 is 2.00 bits per heavy atom. The molecule has 0 aliphatic heterocycles. The van der Waals surface area contributed by atoms with E-state index in [1.807, 2.05) is 0 Å². The number of aliphatic hydroxyl groups is 1. The van der Waals surface area contributed by atoms with Gasteiger partial charge in [-0.2, -0.15) is 0 Å². The smallest absolute Gasteiger partial charge is 0.123 e. The van der Waals surface area contributed by atoms with Gasteiger partial charge in [-0.05, 0) is 43.9 Å². The standard InChI is InChI=1S/C15H22FNO/c1-10(2)9-17(13-5-6-13)15-7-4-12(16)8-14(15)11(3)18/h4,7-8,10-11,13,18H,5-6,9H2,1-3H3/t11-/m1/s1. The van der Waals surface area contributed by atoms with Crippen molar-refractivity contribution in [1.82, 2.24) is 0 Å². The summed E-state index contributed by atoms with van der Waals surface area (Å²) in [6, 6.07) is 5.31. The van der Waals surface area contributed by atoms with Crippen molar-refractivity contribution in [2.45, 2.75) is 45.8 Å². The first-order chi connectivity index (χ1) is 8.49. The molecule has 1 atom stereocenters. The van der Waals surface area contributed by atoms with Crippen molar-refractivity contribution in [1.29, 1.82) is 0 Å². The average molecular weight is 251 g/mol. The minimum absolute atomic E-state index is 0.282. The SMILES string of the molecule is CC(C)CN(c1ccc(F)cc1[C@@H](C)O)C1CC1. The summed E-state index contributed by atoms with van der Waals surface area (Å²) in [7, 11) is 0. The van der Waals surface area contributed by atoms with E-state index in [-0.39, 0.29) is 5.82 Å². The highest BCUT2D eigenvalue weighted by atomic mass is 19.1. The van der Waals surface area contributed by atoms with Gasteiger partial charge >= 0.3 is 0 Å². The highest BCUT2D eigenvalue weighted by Gasteiger charge is 2.31. The lowest BCUT2D eigenvalue weighted by atomic mass is 10.1. The molecule has 1 aromatic rings. The Kier molecular flexibility index (Phi) is 3.91. The van der Waals surface area contributed by atoms with E-state index < -0.39 is 6.10 Å². The molecular weight excluding hydrogens is 229 g/mol. The largest absolute Gasteiger partial charge is 0.389 e. The molecule has 1 N–H and O–H groups in total. The lowest BCUT2D eigenvalue weighted by molar-refractivity contribution is 0.199. The van der Waals surface area contributed by atoms with Crippen LogP contribution in [0.25, 0.3) is 0 Å². The van der Waals surface area contributed by atoms with Crippen LogP contribution in [0.5, 0.6) is 0 Å². The van der Waals surface area contributed by atoms with Crippen LogP contribution in [0, 0.1) is 11.7 Å². The van der Waals surface area contributed by atoms with Crippen molar-refractivity contribution in [3.05, 3.63) is 29.6 Å². The molecular formula is C15H22FNO. The van der Waals surface area contributed by atoms with Crippen LogP contribution in [0.2, 0.25) is 0 Å². The van der Waals surface area contributed by atoms with Crippen LogP contribution in [0.4, 0.5) is 10.1 Å². The predicted molar refractivity (Wildman–Crippen MR) is 72.2 cm³/mol. The number of anilines is 1. The zero-order valence-corrected chi connectivity index (χ0v) is 11.4. The molecule has 1 aromatic carbocycles. The van der Waals surface area contributed by atoms with Gasteiger partial charge in [-0.1, -0.05) is 13.8 Å². The van der Waals surface area contributed by atoms with Gasteiger partial charge in [0.1, 0.15) is 5.82 Å². The summed E-state index contributed by atoms with van der Waals surface area (Å²) in [5, 5.41) is 9.82. The fourth-order valence-electron chi connectivity index (χ4n) is 2.35. The molecule has 0 aromatic heterocycles. The quantitative estimate of drug-likeness (QED) is 0.865. The van der Waals surface area contributed by atoms with Crippen LogP contribution >= 0.6 is 0 Å². The van der Waals surface area contributed by atoms with E-state index in [1.54, 1.807) is 13.0 Å². The molecule has 0 spiro atoms. The first-order valence-electron chi connectivity index (χ1n) is 6.73. The monoisotopic (exact) mass is 251 g/mol. The number of rotatable bonds is 5. The van der Waals surface area contributed by atoms with Crippen molar-refractivity contribution in [2.75, 3.05) is 11.4 Å². The van der Waals surface area contributed by atoms with Crippen molar-refractivity contribution >= 4 is 5.69 Å². The third kappa shape index (κ3) is 3.02. The second-order valence-corrected chi connectivity index (χ2v) is 5.66. The number of halogens is 1. The molecule has 100 valence electrons. The molecule has 0 heterocycles. The Balaban J connectivity index is 2.34. The van der Waals surface area contributed by atoms with Gasteiger partial charge in [0.15, 0.2) is 0 Å². The van der Waals surface area contributed by atoms with Gasteiger partial charge in [-0.3, -0.25) is 0 Å². The zero-order chi connectivity index (χ0) is 13.3. The van der Waals surface area contributed by atoms with Gasteiger partial charge in [-0.15, -0.1) is 0 Å².